The molecule has 0 amide bonds. The third-order valence-electron chi connectivity index (χ3n) is 3.27. The molecule has 0 aliphatic heterocycles. The molecule has 0 aromatic heterocycles. The van der Waals surface area contributed by atoms with Gasteiger partial charge in [0.1, 0.15) is 0 Å². The van der Waals surface area contributed by atoms with Crippen LogP contribution in [0.2, 0.25) is 0 Å². The number of methoxy groups -OCH3 is 1. The number of esters is 1. The van der Waals surface area contributed by atoms with Gasteiger partial charge in [-0.2, -0.15) is 5.26 Å². The highest BCUT2D eigenvalue weighted by Crippen LogP contribution is 2.37. The van der Waals surface area contributed by atoms with Crippen molar-refractivity contribution in [3.63, 3.8) is 0 Å². The van der Waals surface area contributed by atoms with Crippen LogP contribution >= 0.6 is 0 Å². The van der Waals surface area contributed by atoms with E-state index < -0.39 is 0 Å². The maximum absolute atomic E-state index is 11.7. The Bertz CT molecular complexity index is 272. The number of carbonyl (C=O) groups excluding carboxylic acids is 1. The zero-order valence-corrected chi connectivity index (χ0v) is 9.94. The molecule has 0 aromatic carbocycles. The zero-order chi connectivity index (χ0) is 12.0. The van der Waals surface area contributed by atoms with E-state index in [1.165, 1.54) is 7.11 Å². The third-order valence-corrected chi connectivity index (χ3v) is 3.27. The highest BCUT2D eigenvalue weighted by molar-refractivity contribution is 5.73. The fraction of sp³-hybridized carbons (Fsp3) is 0.833. The minimum atomic E-state index is -0.175. The molecule has 0 heterocycles. The van der Waals surface area contributed by atoms with Crippen molar-refractivity contribution in [2.75, 3.05) is 13.7 Å². The summed E-state index contributed by atoms with van der Waals surface area (Å²) in [7, 11) is 1.42. The predicted molar refractivity (Wildman–Crippen MR) is 58.5 cm³/mol. The molecule has 1 aliphatic rings. The molecule has 0 radical (unpaired) electrons. The largest absolute Gasteiger partial charge is 0.469 e. The minimum absolute atomic E-state index is 0.0641. The number of nitriles is 1. The van der Waals surface area contributed by atoms with Gasteiger partial charge in [0.05, 0.1) is 38.2 Å². The van der Waals surface area contributed by atoms with Crippen molar-refractivity contribution in [1.29, 1.82) is 5.26 Å². The van der Waals surface area contributed by atoms with Crippen LogP contribution in [0.25, 0.3) is 0 Å². The van der Waals surface area contributed by atoms with Gasteiger partial charge in [-0.3, -0.25) is 4.79 Å². The van der Waals surface area contributed by atoms with Crippen LogP contribution in [0.3, 0.4) is 0 Å². The molecule has 1 fully saturated rings. The summed E-state index contributed by atoms with van der Waals surface area (Å²) in [4.78, 5) is 11.7. The highest BCUT2D eigenvalue weighted by Gasteiger charge is 2.41. The van der Waals surface area contributed by atoms with Crippen LogP contribution in [0.5, 0.6) is 0 Å². The average molecular weight is 225 g/mol. The SMILES string of the molecule is CCC1CCC(OCCC#N)C1C(=O)OC. The molecular weight excluding hydrogens is 206 g/mol. The standard InChI is InChI=1S/C12H19NO3/c1-3-9-5-6-10(16-8-4-7-13)11(9)12(14)15-2/h9-11H,3-6,8H2,1-2H3. The fourth-order valence-electron chi connectivity index (χ4n) is 2.42. The average Bonchev–Trinajstić information content (AvgIpc) is 2.71. The second-order valence-electron chi connectivity index (χ2n) is 4.11. The van der Waals surface area contributed by atoms with Crippen LogP contribution in [0.1, 0.15) is 32.6 Å². The van der Waals surface area contributed by atoms with Crippen LogP contribution in [-0.2, 0) is 14.3 Å². The number of hydrogen-bond donors (Lipinski definition) is 0. The van der Waals surface area contributed by atoms with Crippen molar-refractivity contribution in [2.45, 2.75) is 38.7 Å². The molecule has 0 bridgehead atoms. The van der Waals surface area contributed by atoms with Gasteiger partial charge in [0.15, 0.2) is 0 Å². The van der Waals surface area contributed by atoms with Crippen molar-refractivity contribution in [3.05, 3.63) is 0 Å². The lowest BCUT2D eigenvalue weighted by atomic mass is 9.92. The summed E-state index contributed by atoms with van der Waals surface area (Å²) in [5.41, 5.74) is 0. The maximum Gasteiger partial charge on any atom is 0.311 e. The Balaban J connectivity index is 2.55. The first-order chi connectivity index (χ1) is 7.74. The number of hydrogen-bond acceptors (Lipinski definition) is 4. The van der Waals surface area contributed by atoms with Gasteiger partial charge in [0, 0.05) is 0 Å². The van der Waals surface area contributed by atoms with E-state index in [0.717, 1.165) is 19.3 Å². The lowest BCUT2D eigenvalue weighted by molar-refractivity contribution is -0.151. The first-order valence-corrected chi connectivity index (χ1v) is 5.81. The van der Waals surface area contributed by atoms with E-state index in [-0.39, 0.29) is 18.0 Å². The van der Waals surface area contributed by atoms with Gasteiger partial charge in [0.25, 0.3) is 0 Å². The van der Waals surface area contributed by atoms with Crippen molar-refractivity contribution < 1.29 is 14.3 Å². The maximum atomic E-state index is 11.7. The van der Waals surface area contributed by atoms with Crippen LogP contribution in [0.15, 0.2) is 0 Å². The Morgan fingerprint density at radius 1 is 1.50 bits per heavy atom. The van der Waals surface area contributed by atoms with Crippen LogP contribution < -0.4 is 0 Å². The summed E-state index contributed by atoms with van der Waals surface area (Å²) in [5, 5.41) is 8.44. The predicted octanol–water partition coefficient (Wildman–Crippen LogP) is 1.89. The molecule has 1 aliphatic carbocycles. The molecule has 90 valence electrons. The van der Waals surface area contributed by atoms with Gasteiger partial charge in [-0.1, -0.05) is 13.3 Å². The Morgan fingerprint density at radius 2 is 2.25 bits per heavy atom. The highest BCUT2D eigenvalue weighted by atomic mass is 16.5. The molecule has 3 unspecified atom stereocenters. The summed E-state index contributed by atoms with van der Waals surface area (Å²) in [6.45, 7) is 2.49. The van der Waals surface area contributed by atoms with E-state index in [9.17, 15) is 4.79 Å². The summed E-state index contributed by atoms with van der Waals surface area (Å²) in [6, 6.07) is 2.03. The van der Waals surface area contributed by atoms with Gasteiger partial charge >= 0.3 is 5.97 Å². The van der Waals surface area contributed by atoms with Crippen LogP contribution in [-0.4, -0.2) is 25.8 Å². The van der Waals surface area contributed by atoms with Crippen LogP contribution in [0.4, 0.5) is 0 Å². The number of ether oxygens (including phenoxy) is 2. The molecule has 4 heteroatoms. The van der Waals surface area contributed by atoms with Gasteiger partial charge in [-0.15, -0.1) is 0 Å². The second kappa shape index (κ2) is 6.49. The smallest absolute Gasteiger partial charge is 0.311 e. The Kier molecular flexibility index (Phi) is 5.27. The van der Waals surface area contributed by atoms with Crippen molar-refractivity contribution >= 4 is 5.97 Å². The minimum Gasteiger partial charge on any atom is -0.469 e. The lowest BCUT2D eigenvalue weighted by Gasteiger charge is -2.21. The Hall–Kier alpha value is -1.08. The summed E-state index contributed by atoms with van der Waals surface area (Å²) in [6.07, 6.45) is 3.18. The topological polar surface area (TPSA) is 59.3 Å². The molecule has 4 nitrogen and oxygen atoms in total. The number of carbonyl (C=O) groups is 1. The lowest BCUT2D eigenvalue weighted by Crippen LogP contribution is -2.31. The Morgan fingerprint density at radius 3 is 2.81 bits per heavy atom. The summed E-state index contributed by atoms with van der Waals surface area (Å²) >= 11 is 0. The first-order valence-electron chi connectivity index (χ1n) is 5.81. The molecule has 0 N–H and O–H groups in total. The van der Waals surface area contributed by atoms with Gasteiger partial charge in [-0.05, 0) is 18.8 Å². The number of rotatable bonds is 5. The van der Waals surface area contributed by atoms with Gasteiger partial charge in [-0.25, -0.2) is 0 Å². The molecule has 1 saturated carbocycles. The molecule has 0 spiro atoms. The third kappa shape index (κ3) is 2.96. The molecule has 0 saturated heterocycles. The van der Waals surface area contributed by atoms with Crippen molar-refractivity contribution in [3.8, 4) is 6.07 Å². The zero-order valence-electron chi connectivity index (χ0n) is 9.94. The second-order valence-corrected chi connectivity index (χ2v) is 4.11. The number of nitrogens with zero attached hydrogens (tertiary/aromatic N) is 1. The van der Waals surface area contributed by atoms with E-state index in [1.807, 2.05) is 6.07 Å². The van der Waals surface area contributed by atoms with E-state index in [0.29, 0.717) is 18.9 Å². The van der Waals surface area contributed by atoms with E-state index >= 15 is 0 Å². The molecule has 16 heavy (non-hydrogen) atoms. The van der Waals surface area contributed by atoms with E-state index in [2.05, 4.69) is 6.92 Å². The quantitative estimate of drug-likeness (QED) is 0.529. The summed E-state index contributed by atoms with van der Waals surface area (Å²) < 4.78 is 10.4. The molecule has 0 aromatic rings. The van der Waals surface area contributed by atoms with Gasteiger partial charge in [0.2, 0.25) is 0 Å². The molecular formula is C12H19NO3. The molecule has 3 atom stereocenters. The molecule has 1 rings (SSSR count). The Labute approximate surface area is 96.5 Å². The van der Waals surface area contributed by atoms with Crippen molar-refractivity contribution in [1.82, 2.24) is 0 Å². The fourth-order valence-corrected chi connectivity index (χ4v) is 2.42. The summed E-state index contributed by atoms with van der Waals surface area (Å²) in [5.74, 6) is 0.0412. The normalized spacial score (nSPS) is 28.7. The van der Waals surface area contributed by atoms with E-state index in [4.69, 9.17) is 14.7 Å². The first kappa shape index (κ1) is 13.0. The van der Waals surface area contributed by atoms with Gasteiger partial charge < -0.3 is 9.47 Å². The van der Waals surface area contributed by atoms with E-state index in [1.54, 1.807) is 0 Å². The monoisotopic (exact) mass is 225 g/mol. The van der Waals surface area contributed by atoms with Crippen molar-refractivity contribution in [2.24, 2.45) is 11.8 Å². The van der Waals surface area contributed by atoms with Crippen LogP contribution in [0, 0.1) is 23.2 Å².